The summed E-state index contributed by atoms with van der Waals surface area (Å²) in [6, 6.07) is 23.6. The molecule has 1 saturated heterocycles. The minimum atomic E-state index is -0.995. The first-order valence-corrected chi connectivity index (χ1v) is 12.2. The molecule has 0 aliphatic carbocycles. The highest BCUT2D eigenvalue weighted by atomic mass is 79.9. The monoisotopic (exact) mass is 534 g/mol. The van der Waals surface area contributed by atoms with Crippen LogP contribution in [0.4, 0.5) is 0 Å². The summed E-state index contributed by atoms with van der Waals surface area (Å²) in [5.41, 5.74) is 1.23. The number of nitrogens with zero attached hydrogens (tertiary/aromatic N) is 1. The molecule has 0 saturated carbocycles. The van der Waals surface area contributed by atoms with E-state index >= 15 is 0 Å². The number of amides is 2. The van der Waals surface area contributed by atoms with E-state index in [-0.39, 0.29) is 17.5 Å². The number of hydrogen-bond donors (Lipinski definition) is 2. The SMILES string of the molecule is COc1ccc(C=C(NC(=O)c2ccccc2)C(=O)N2CCC(O)(c3ccc(Br)cc3)CC2)cc1. The Labute approximate surface area is 213 Å². The predicted octanol–water partition coefficient (Wildman–Crippen LogP) is 4.74. The lowest BCUT2D eigenvalue weighted by Gasteiger charge is -2.38. The summed E-state index contributed by atoms with van der Waals surface area (Å²) in [6.07, 6.45) is 2.48. The number of carbonyl (C=O) groups is 2. The maximum absolute atomic E-state index is 13.5. The molecule has 0 unspecified atom stereocenters. The smallest absolute Gasteiger partial charge is 0.270 e. The molecule has 6 nitrogen and oxygen atoms in total. The summed E-state index contributed by atoms with van der Waals surface area (Å²) in [7, 11) is 1.59. The van der Waals surface area contributed by atoms with Crippen molar-refractivity contribution < 1.29 is 19.4 Å². The summed E-state index contributed by atoms with van der Waals surface area (Å²) in [5.74, 6) is 0.0525. The van der Waals surface area contributed by atoms with E-state index in [1.165, 1.54) is 0 Å². The molecule has 3 aromatic rings. The third kappa shape index (κ3) is 5.99. The van der Waals surface area contributed by atoms with Gasteiger partial charge in [0.1, 0.15) is 11.4 Å². The minimum Gasteiger partial charge on any atom is -0.497 e. The lowest BCUT2D eigenvalue weighted by molar-refractivity contribution is -0.131. The van der Waals surface area contributed by atoms with Crippen LogP contribution in [0.3, 0.4) is 0 Å². The van der Waals surface area contributed by atoms with Crippen LogP contribution >= 0.6 is 15.9 Å². The second kappa shape index (κ2) is 10.9. The Morgan fingerprint density at radius 2 is 1.60 bits per heavy atom. The van der Waals surface area contributed by atoms with Crippen LogP contribution in [0.2, 0.25) is 0 Å². The van der Waals surface area contributed by atoms with Gasteiger partial charge in [-0.3, -0.25) is 9.59 Å². The van der Waals surface area contributed by atoms with Crippen LogP contribution in [0.25, 0.3) is 6.08 Å². The van der Waals surface area contributed by atoms with E-state index < -0.39 is 5.60 Å². The molecule has 180 valence electrons. The van der Waals surface area contributed by atoms with Crippen molar-refractivity contribution in [2.75, 3.05) is 20.2 Å². The van der Waals surface area contributed by atoms with Crippen LogP contribution in [-0.2, 0) is 10.4 Å². The Hall–Kier alpha value is -3.42. The number of benzene rings is 3. The molecule has 3 aromatic carbocycles. The Bertz CT molecular complexity index is 1200. The number of ether oxygens (including phenoxy) is 1. The fourth-order valence-corrected chi connectivity index (χ4v) is 4.37. The number of halogens is 1. The molecule has 0 spiro atoms. The van der Waals surface area contributed by atoms with Crippen LogP contribution in [0, 0.1) is 0 Å². The van der Waals surface area contributed by atoms with E-state index in [0.717, 1.165) is 15.6 Å². The Morgan fingerprint density at radius 3 is 2.20 bits per heavy atom. The number of rotatable bonds is 6. The predicted molar refractivity (Wildman–Crippen MR) is 139 cm³/mol. The zero-order valence-corrected chi connectivity index (χ0v) is 21.0. The third-order valence-electron chi connectivity index (χ3n) is 6.20. The average molecular weight is 535 g/mol. The van der Waals surface area contributed by atoms with Gasteiger partial charge in [0, 0.05) is 23.1 Å². The van der Waals surface area contributed by atoms with Gasteiger partial charge in [-0.05, 0) is 66.4 Å². The highest BCUT2D eigenvalue weighted by molar-refractivity contribution is 9.10. The summed E-state index contributed by atoms with van der Waals surface area (Å²) >= 11 is 3.42. The van der Waals surface area contributed by atoms with E-state index in [2.05, 4.69) is 21.2 Å². The number of hydrogen-bond acceptors (Lipinski definition) is 4. The van der Waals surface area contributed by atoms with Crippen molar-refractivity contribution in [2.24, 2.45) is 0 Å². The summed E-state index contributed by atoms with van der Waals surface area (Å²) in [5, 5.41) is 14.0. The first-order valence-electron chi connectivity index (χ1n) is 11.4. The van der Waals surface area contributed by atoms with Crippen molar-refractivity contribution >= 4 is 33.8 Å². The molecule has 0 radical (unpaired) electrons. The van der Waals surface area contributed by atoms with Crippen LogP contribution in [0.5, 0.6) is 5.75 Å². The Balaban J connectivity index is 1.54. The lowest BCUT2D eigenvalue weighted by Crippen LogP contribution is -2.47. The molecule has 2 N–H and O–H groups in total. The van der Waals surface area contributed by atoms with E-state index in [1.54, 1.807) is 54.5 Å². The molecule has 35 heavy (non-hydrogen) atoms. The second-order valence-electron chi connectivity index (χ2n) is 8.48. The highest BCUT2D eigenvalue weighted by Gasteiger charge is 2.36. The zero-order chi connectivity index (χ0) is 24.8. The molecule has 1 fully saturated rings. The molecule has 2 amide bonds. The number of piperidine rings is 1. The Kier molecular flexibility index (Phi) is 7.68. The molecule has 1 aliphatic heterocycles. The summed E-state index contributed by atoms with van der Waals surface area (Å²) in [4.78, 5) is 28.1. The van der Waals surface area contributed by atoms with Crippen LogP contribution < -0.4 is 10.1 Å². The summed E-state index contributed by atoms with van der Waals surface area (Å²) in [6.45, 7) is 0.735. The van der Waals surface area contributed by atoms with Gasteiger partial charge < -0.3 is 20.1 Å². The van der Waals surface area contributed by atoms with Gasteiger partial charge in [-0.25, -0.2) is 0 Å². The van der Waals surface area contributed by atoms with Crippen LogP contribution in [0.1, 0.15) is 34.3 Å². The normalized spacial score (nSPS) is 15.4. The van der Waals surface area contributed by atoms with Crippen molar-refractivity contribution in [1.82, 2.24) is 10.2 Å². The van der Waals surface area contributed by atoms with Gasteiger partial charge in [0.15, 0.2) is 0 Å². The van der Waals surface area contributed by atoms with Gasteiger partial charge in [0.25, 0.3) is 11.8 Å². The Morgan fingerprint density at radius 1 is 0.971 bits per heavy atom. The summed E-state index contributed by atoms with van der Waals surface area (Å²) < 4.78 is 6.15. The third-order valence-corrected chi connectivity index (χ3v) is 6.73. The first-order chi connectivity index (χ1) is 16.9. The molecular weight excluding hydrogens is 508 g/mol. The molecule has 0 atom stereocenters. The molecule has 0 aromatic heterocycles. The van der Waals surface area contributed by atoms with Gasteiger partial charge >= 0.3 is 0 Å². The zero-order valence-electron chi connectivity index (χ0n) is 19.4. The van der Waals surface area contributed by atoms with Crippen molar-refractivity contribution in [2.45, 2.75) is 18.4 Å². The maximum Gasteiger partial charge on any atom is 0.270 e. The highest BCUT2D eigenvalue weighted by Crippen LogP contribution is 2.34. The molecule has 1 heterocycles. The lowest BCUT2D eigenvalue weighted by atomic mass is 9.84. The van der Waals surface area contributed by atoms with Crippen molar-refractivity contribution in [3.8, 4) is 5.75 Å². The van der Waals surface area contributed by atoms with Crippen molar-refractivity contribution in [1.29, 1.82) is 0 Å². The topological polar surface area (TPSA) is 78.9 Å². The van der Waals surface area contributed by atoms with Crippen molar-refractivity contribution in [3.05, 3.63) is 106 Å². The van der Waals surface area contributed by atoms with Gasteiger partial charge in [0.2, 0.25) is 0 Å². The van der Waals surface area contributed by atoms with E-state index in [0.29, 0.717) is 37.2 Å². The van der Waals surface area contributed by atoms with Gasteiger partial charge in [-0.2, -0.15) is 0 Å². The molecule has 7 heteroatoms. The fraction of sp³-hybridized carbons (Fsp3) is 0.214. The van der Waals surface area contributed by atoms with Gasteiger partial charge in [0.05, 0.1) is 12.7 Å². The average Bonchev–Trinajstić information content (AvgIpc) is 2.89. The number of likely N-dealkylation sites (tertiary alicyclic amines) is 1. The van der Waals surface area contributed by atoms with E-state index in [9.17, 15) is 14.7 Å². The number of nitrogens with one attached hydrogen (secondary N) is 1. The maximum atomic E-state index is 13.5. The van der Waals surface area contributed by atoms with Crippen LogP contribution in [-0.4, -0.2) is 42.0 Å². The molecular formula is C28H27BrN2O4. The van der Waals surface area contributed by atoms with Crippen molar-refractivity contribution in [3.63, 3.8) is 0 Å². The quantitative estimate of drug-likeness (QED) is 0.447. The number of carbonyl (C=O) groups excluding carboxylic acids is 2. The fourth-order valence-electron chi connectivity index (χ4n) is 4.10. The van der Waals surface area contributed by atoms with E-state index in [4.69, 9.17) is 4.74 Å². The number of aliphatic hydroxyl groups is 1. The number of methoxy groups -OCH3 is 1. The first kappa shape index (κ1) is 24.7. The molecule has 4 rings (SSSR count). The molecule has 1 aliphatic rings. The van der Waals surface area contributed by atoms with Gasteiger partial charge in [-0.15, -0.1) is 0 Å². The van der Waals surface area contributed by atoms with Crippen LogP contribution in [0.15, 0.2) is 89.0 Å². The molecule has 0 bridgehead atoms. The van der Waals surface area contributed by atoms with E-state index in [1.807, 2.05) is 42.5 Å². The minimum absolute atomic E-state index is 0.179. The standard InChI is InChI=1S/C28H27BrN2O4/c1-35-24-13-7-20(8-14-24)19-25(30-26(32)21-5-3-2-4-6-21)27(33)31-17-15-28(34,16-18-31)22-9-11-23(29)12-10-22/h2-14,19,34H,15-18H2,1H3,(H,30,32). The second-order valence-corrected chi connectivity index (χ2v) is 9.40. The van der Waals surface area contributed by atoms with Gasteiger partial charge in [-0.1, -0.05) is 58.4 Å². The largest absolute Gasteiger partial charge is 0.497 e.